The summed E-state index contributed by atoms with van der Waals surface area (Å²) in [5.74, 6) is 2.55. The predicted octanol–water partition coefficient (Wildman–Crippen LogP) is 24.8. The number of Topliss-reactive ketones (excluding diaryl/α,β-unsaturated/α-hetero) is 3. The molecule has 3 aromatic heterocycles. The topological polar surface area (TPSA) is 138 Å². The second-order valence-electron chi connectivity index (χ2n) is 33.2. The summed E-state index contributed by atoms with van der Waals surface area (Å²) in [5.41, 5.74) is 12.5. The molecule has 12 nitrogen and oxygen atoms in total. The number of ether oxygens (including phenoxy) is 2. The molecule has 4 heterocycles. The maximum absolute atomic E-state index is 11.8. The van der Waals surface area contributed by atoms with Crippen LogP contribution < -0.4 is 5.32 Å². The molecule has 0 saturated carbocycles. The largest absolute Gasteiger partial charge is 0.444 e. The van der Waals surface area contributed by atoms with E-state index in [-0.39, 0.29) is 45.6 Å². The minimum Gasteiger partial charge on any atom is -0.444 e. The lowest BCUT2D eigenvalue weighted by molar-refractivity contribution is 0.0237. The first-order chi connectivity index (χ1) is 49.4. The van der Waals surface area contributed by atoms with Crippen molar-refractivity contribution in [2.75, 3.05) is 26.3 Å². The van der Waals surface area contributed by atoms with Gasteiger partial charge in [-0.2, -0.15) is 0 Å². The molecule has 0 bridgehead atoms. The maximum atomic E-state index is 11.8. The van der Waals surface area contributed by atoms with E-state index in [0.717, 1.165) is 55.0 Å². The highest BCUT2D eigenvalue weighted by atomic mass is 16.6. The van der Waals surface area contributed by atoms with Crippen molar-refractivity contribution in [2.24, 2.45) is 5.92 Å². The van der Waals surface area contributed by atoms with Gasteiger partial charge in [0.25, 0.3) is 0 Å². The second kappa shape index (κ2) is 49.0. The molecule has 106 heavy (non-hydrogen) atoms. The third-order valence-corrected chi connectivity index (χ3v) is 17.2. The van der Waals surface area contributed by atoms with Crippen molar-refractivity contribution in [3.05, 3.63) is 250 Å². The van der Waals surface area contributed by atoms with Crippen LogP contribution in [0.4, 0.5) is 4.79 Å². The number of hydrogen-bond donors (Lipinski definition) is 1. The fourth-order valence-corrected chi connectivity index (χ4v) is 10.2. The van der Waals surface area contributed by atoms with Crippen molar-refractivity contribution >= 4 is 23.4 Å². The molecule has 9 rings (SSSR count). The molecule has 1 amide bonds. The number of nitrogens with zero attached hydrogens (tertiary/aromatic N) is 5. The van der Waals surface area contributed by atoms with Gasteiger partial charge < -0.3 is 23.9 Å². The third-order valence-electron chi connectivity index (χ3n) is 17.2. The predicted molar refractivity (Wildman–Crippen MR) is 451 cm³/mol. The molecule has 1 fully saturated rings. The summed E-state index contributed by atoms with van der Waals surface area (Å²) in [6.07, 6.45) is 13.2. The van der Waals surface area contributed by atoms with Gasteiger partial charge in [0.05, 0.1) is 19.5 Å². The highest BCUT2D eigenvalue weighted by Gasteiger charge is 2.20. The molecule has 0 unspecified atom stereocenters. The SMILES string of the molecule is CC(C)C(=O)c1cccc(C(C)(C)C)c1.CC(C)N1CCOCC1.CC(C)c1ccc(CNC(=O)OC(C)(C)C)cc1.CC(C)c1ccccc1.CC(C)c1cccnc1.CC(C)n1ccnc1.CCC(=O)c1cccc(C(C)(C)C)c1.CCCC(=O)c1cccc(C(C)(C)C)c1.Cc1cccn1C(C)C. The molecule has 1 saturated heterocycles. The fourth-order valence-electron chi connectivity index (χ4n) is 10.2. The van der Waals surface area contributed by atoms with E-state index in [4.69, 9.17) is 9.47 Å². The molecule has 0 aliphatic carbocycles. The van der Waals surface area contributed by atoms with Crippen molar-refractivity contribution < 1.29 is 28.7 Å². The monoisotopic (exact) mass is 1450 g/mol. The van der Waals surface area contributed by atoms with Gasteiger partial charge in [-0.15, -0.1) is 0 Å². The van der Waals surface area contributed by atoms with Crippen molar-refractivity contribution in [2.45, 2.75) is 284 Å². The van der Waals surface area contributed by atoms with Crippen LogP contribution >= 0.6 is 0 Å². The Morgan fingerprint density at radius 1 is 0.491 bits per heavy atom. The standard InChI is InChI=1S/C15H23NO2.2C14H20O.C13H18O.C9H12.C8H13N.C8H11N.C7H15NO.C6H10N2/c1-11(2)13-8-6-12(7-9-13)10-16-14(17)18-15(3,4)5;1-10(2)13(15)11-7-6-8-12(9-11)14(3,4)5;1-5-7-13(15)11-8-6-9-12(10-11)14(2,3)4;1-5-12(14)10-7-6-8-11(9-10)13(2,3)4;1-8(2)9-6-4-3-5-7-9;1-7(2)9-6-4-5-8(9)3;1-7(2)8-4-3-5-9-6-8;1-7(2)8-3-5-9-6-4-8;1-6(2)8-4-3-7-5-8/h6-9,11H,10H2,1-5H3,(H,16,17);6-10H,1-5H3;6,8-10H,5,7H2,1-4H3;6-9H,5H2,1-4H3;3-8H,1-2H3;4-7H,1-3H3;3-7H,1-2H3;7H,3-6H2,1-2H3;3-6H,1-2H3. The lowest BCUT2D eigenvalue weighted by Crippen LogP contribution is -2.40. The van der Waals surface area contributed by atoms with Gasteiger partial charge in [0.15, 0.2) is 17.3 Å². The molecule has 1 aliphatic heterocycles. The van der Waals surface area contributed by atoms with E-state index in [1.54, 1.807) is 12.4 Å². The van der Waals surface area contributed by atoms with Crippen LogP contribution in [-0.2, 0) is 32.3 Å². The van der Waals surface area contributed by atoms with Gasteiger partial charge in [-0.3, -0.25) is 24.3 Å². The Labute approximate surface area is 644 Å². The maximum Gasteiger partial charge on any atom is 0.407 e. The number of aromatic nitrogens is 4. The summed E-state index contributed by atoms with van der Waals surface area (Å²) in [4.78, 5) is 56.9. The Balaban J connectivity index is 0.000000604. The number of rotatable bonds is 15. The molecule has 0 spiro atoms. The molecule has 8 aromatic rings. The Kier molecular flexibility index (Phi) is 44.4. The third kappa shape index (κ3) is 40.6. The van der Waals surface area contributed by atoms with Gasteiger partial charge in [0.2, 0.25) is 0 Å². The van der Waals surface area contributed by atoms with Crippen LogP contribution in [-0.4, -0.2) is 85.4 Å². The highest BCUT2D eigenvalue weighted by molar-refractivity contribution is 5.98. The van der Waals surface area contributed by atoms with Crippen LogP contribution in [0.25, 0.3) is 0 Å². The average molecular weight is 1450 g/mol. The summed E-state index contributed by atoms with van der Waals surface area (Å²) in [7, 11) is 0. The first-order valence-electron chi connectivity index (χ1n) is 38.8. The minimum atomic E-state index is -0.453. The highest BCUT2D eigenvalue weighted by Crippen LogP contribution is 2.27. The number of amides is 1. The van der Waals surface area contributed by atoms with Gasteiger partial charge in [-0.05, 0) is 185 Å². The van der Waals surface area contributed by atoms with Crippen molar-refractivity contribution in [1.82, 2.24) is 29.3 Å². The van der Waals surface area contributed by atoms with Crippen molar-refractivity contribution in [3.8, 4) is 0 Å². The van der Waals surface area contributed by atoms with Crippen LogP contribution in [0.3, 0.4) is 0 Å². The number of hydrogen-bond acceptors (Lipinski definition) is 9. The number of nitrogens with one attached hydrogen (secondary N) is 1. The van der Waals surface area contributed by atoms with Crippen molar-refractivity contribution in [1.29, 1.82) is 0 Å². The van der Waals surface area contributed by atoms with E-state index in [2.05, 4.69) is 261 Å². The zero-order valence-corrected chi connectivity index (χ0v) is 71.3. The zero-order valence-electron chi connectivity index (χ0n) is 71.3. The van der Waals surface area contributed by atoms with Crippen LogP contribution in [0.1, 0.15) is 319 Å². The molecular weight excluding hydrogens is 1310 g/mol. The number of ketones is 3. The van der Waals surface area contributed by atoms with Gasteiger partial charge >= 0.3 is 6.09 Å². The van der Waals surface area contributed by atoms with E-state index >= 15 is 0 Å². The Morgan fingerprint density at radius 3 is 1.29 bits per heavy atom. The average Bonchev–Trinajstić information content (AvgIpc) is 1.22. The number of imidazole rings is 1. The Bertz CT molecular complexity index is 3620. The lowest BCUT2D eigenvalue weighted by atomic mass is 9.85. The van der Waals surface area contributed by atoms with Crippen LogP contribution in [0.15, 0.2) is 189 Å². The van der Waals surface area contributed by atoms with E-state index in [0.29, 0.717) is 55.3 Å². The molecule has 584 valence electrons. The van der Waals surface area contributed by atoms with E-state index in [9.17, 15) is 19.2 Å². The summed E-state index contributed by atoms with van der Waals surface area (Å²) in [5, 5.41) is 2.74. The quantitative estimate of drug-likeness (QED) is 0.0994. The van der Waals surface area contributed by atoms with Gasteiger partial charge in [0.1, 0.15) is 5.60 Å². The number of aryl methyl sites for hydroxylation is 1. The second-order valence-corrected chi connectivity index (χ2v) is 33.2. The first-order valence-corrected chi connectivity index (χ1v) is 38.8. The van der Waals surface area contributed by atoms with Crippen LogP contribution in [0, 0.1) is 12.8 Å². The minimum absolute atomic E-state index is 0.0696. The number of benzene rings is 5. The number of carbonyl (C=O) groups excluding carboxylic acids is 4. The Hall–Kier alpha value is -8.06. The number of morpholine rings is 1. The summed E-state index contributed by atoms with van der Waals surface area (Å²) >= 11 is 0. The smallest absolute Gasteiger partial charge is 0.407 e. The zero-order chi connectivity index (χ0) is 80.5. The number of carbonyl (C=O) groups is 4. The molecular formula is C94H142N6O6. The molecule has 1 N–H and O–H groups in total. The Morgan fingerprint density at radius 2 is 0.962 bits per heavy atom. The molecule has 5 aromatic carbocycles. The molecule has 0 atom stereocenters. The van der Waals surface area contributed by atoms with Crippen LogP contribution in [0.2, 0.25) is 0 Å². The van der Waals surface area contributed by atoms with E-state index in [1.165, 1.54) is 39.1 Å². The normalized spacial score (nSPS) is 12.1. The van der Waals surface area contributed by atoms with Gasteiger partial charge in [-0.1, -0.05) is 247 Å². The van der Waals surface area contributed by atoms with Crippen molar-refractivity contribution in [3.63, 3.8) is 0 Å². The molecule has 12 heteroatoms. The molecule has 0 radical (unpaired) electrons. The van der Waals surface area contributed by atoms with Gasteiger partial charge in [0, 0.05) is 110 Å². The summed E-state index contributed by atoms with van der Waals surface area (Å²) in [6, 6.07) is 52.8. The summed E-state index contributed by atoms with van der Waals surface area (Å²) < 4.78 is 14.7. The molecule has 1 aliphatic rings. The first kappa shape index (κ1) is 96.0. The van der Waals surface area contributed by atoms with E-state index < -0.39 is 5.60 Å². The number of alkyl carbamates (subject to hydrolysis) is 1. The fraction of sp³-hybridized carbons (Fsp3) is 0.511. The lowest BCUT2D eigenvalue weighted by Gasteiger charge is -2.29. The number of pyridine rings is 1. The van der Waals surface area contributed by atoms with Crippen LogP contribution in [0.5, 0.6) is 0 Å². The van der Waals surface area contributed by atoms with E-state index in [1.807, 2.05) is 146 Å². The summed E-state index contributed by atoms with van der Waals surface area (Å²) in [6.45, 7) is 65.6. The van der Waals surface area contributed by atoms with Gasteiger partial charge in [-0.25, -0.2) is 9.78 Å².